The molecule has 8 N–H and O–H groups in total. The minimum atomic E-state index is -1.29. The minimum absolute atomic E-state index is 0.00830. The zero-order chi connectivity index (χ0) is 60.5. The molecule has 2 aliphatic rings. The highest BCUT2D eigenvalue weighted by Crippen LogP contribution is 2.44. The number of alkyl carbamates (subject to hydrolysis) is 1. The number of thiazole rings is 6. The lowest BCUT2D eigenvalue weighted by Crippen LogP contribution is -2.50. The second kappa shape index (κ2) is 25.3. The molecule has 0 radical (unpaired) electrons. The number of nitrogens with one attached hydrogen (secondary N) is 3. The van der Waals surface area contributed by atoms with Crippen molar-refractivity contribution in [3.63, 3.8) is 0 Å². The first-order valence-electron chi connectivity index (χ1n) is 26.9. The van der Waals surface area contributed by atoms with Gasteiger partial charge >= 0.3 is 6.09 Å². The smallest absolute Gasteiger partial charge is 0.407 e. The van der Waals surface area contributed by atoms with Crippen molar-refractivity contribution in [1.29, 1.82) is 0 Å². The third kappa shape index (κ3) is 12.6. The number of amides is 6. The molecule has 86 heavy (non-hydrogen) atoms. The molecule has 9 heterocycles. The minimum Gasteiger partial charge on any atom is -0.444 e. The Kier molecular flexibility index (Phi) is 17.5. The van der Waals surface area contributed by atoms with Gasteiger partial charge in [-0.25, -0.2) is 39.7 Å². The van der Waals surface area contributed by atoms with Crippen LogP contribution in [0.4, 0.5) is 4.79 Å². The number of hydrogen-bond acceptors (Lipinski definition) is 22. The predicted molar refractivity (Wildman–Crippen MR) is 327 cm³/mol. The fourth-order valence-electron chi connectivity index (χ4n) is 10.1. The third-order valence-corrected chi connectivity index (χ3v) is 20.1. The van der Waals surface area contributed by atoms with Crippen LogP contribution in [0.25, 0.3) is 43.4 Å². The number of primary amides is 2. The number of aromatic nitrogens is 7. The largest absolute Gasteiger partial charge is 0.444 e. The number of nitrogens with two attached hydrogens (primary N) is 2. The van der Waals surface area contributed by atoms with Crippen molar-refractivity contribution in [2.45, 2.75) is 83.2 Å². The molecule has 7 atom stereocenters. The zero-order valence-electron chi connectivity index (χ0n) is 46.2. The highest BCUT2D eigenvalue weighted by Gasteiger charge is 2.48. The molecule has 11 rings (SSSR count). The fraction of sp³-hybridized carbons (Fsp3) is 0.276. The number of carbonyl (C=O) groups is 7. The highest BCUT2D eigenvalue weighted by atomic mass is 32.1. The number of pyridine rings is 1. The second-order valence-electron chi connectivity index (χ2n) is 20.4. The molecule has 0 saturated carbocycles. The summed E-state index contributed by atoms with van der Waals surface area (Å²) in [6, 6.07) is 16.7. The third-order valence-electron chi connectivity index (χ3n) is 14.5. The molecule has 440 valence electrons. The number of aliphatic hydroxyl groups excluding tert-OH is 1. The van der Waals surface area contributed by atoms with E-state index in [4.69, 9.17) is 46.1 Å². The summed E-state index contributed by atoms with van der Waals surface area (Å²) in [4.78, 5) is 133. The lowest BCUT2D eigenvalue weighted by Gasteiger charge is -2.29. The first-order chi connectivity index (χ1) is 41.4. The highest BCUT2D eigenvalue weighted by molar-refractivity contribution is 7.15. The van der Waals surface area contributed by atoms with Crippen LogP contribution in [-0.2, 0) is 20.7 Å². The van der Waals surface area contributed by atoms with Crippen LogP contribution >= 0.6 is 68.0 Å². The van der Waals surface area contributed by atoms with Crippen molar-refractivity contribution in [2.24, 2.45) is 17.4 Å². The molecule has 2 aliphatic heterocycles. The number of rotatable bonds is 10. The van der Waals surface area contributed by atoms with Crippen LogP contribution in [0.1, 0.15) is 129 Å². The van der Waals surface area contributed by atoms with E-state index in [2.05, 4.69) is 20.9 Å². The maximum Gasteiger partial charge on any atom is 0.407 e. The topological polar surface area (TPSA) is 331 Å². The van der Waals surface area contributed by atoms with Crippen LogP contribution in [-0.4, -0.2) is 112 Å². The van der Waals surface area contributed by atoms with Crippen molar-refractivity contribution in [3.8, 4) is 43.4 Å². The standard InChI is InChI=1S/C58H53N13O9S6/c1-5-61-58(79)80-42-20-71-46(27(42)3)56-69-40(25-85-56)54-65-36(21-83-54)45-31(15-16-33(62-45)53-66-37(22-84-53)48(60)75)51-67-38(23-81-51)49(76)63-34(19-43(59)73)55-70-44(28(4)86-55)41(72)18-32(47(74)30-9-7-6-8-10-30)52-68-39(24-82-52)50(77)64-35(57(71)78)17-29-13-11-26(2)12-14-29/h6-16,21-25,27,32,34-35,42,46-47,74H,5,17-20H2,1-4H3,(H2,59,73)(H2,60,75)(H,61,79)(H,63,76)(H,64,77)/t27-,32-,34-,35-,42-,46-,47+/m0/s1. The van der Waals surface area contributed by atoms with Crippen LogP contribution in [0.15, 0.2) is 93.6 Å². The lowest BCUT2D eigenvalue weighted by molar-refractivity contribution is -0.134. The van der Waals surface area contributed by atoms with Gasteiger partial charge in [-0.3, -0.25) is 28.8 Å². The van der Waals surface area contributed by atoms with E-state index in [0.717, 1.165) is 45.1 Å². The Hall–Kier alpha value is -8.38. The number of carbonyl (C=O) groups excluding carboxylic acids is 7. The summed E-state index contributed by atoms with van der Waals surface area (Å²) in [6.07, 6.45) is -3.39. The van der Waals surface area contributed by atoms with Crippen molar-refractivity contribution >= 4 is 109 Å². The van der Waals surface area contributed by atoms with Gasteiger partial charge in [0, 0.05) is 68.6 Å². The number of nitrogens with zero attached hydrogens (tertiary/aromatic N) is 8. The summed E-state index contributed by atoms with van der Waals surface area (Å²) in [5.41, 5.74) is 15.7. The molecule has 9 aromatic rings. The number of aryl methyl sites for hydroxylation is 2. The SMILES string of the molecule is CCNC(=O)O[C@H]1CN2C(=O)[C@H](Cc3ccc(C)cc3)NC(=O)c3csc(n3)[C@H]([C@H](O)c3ccccc3)CC(=O)c3nc(sc3C)[C@H](CC(N)=O)NC(=O)c3csc(n3)-c3ccc(-c4nc(C(N)=O)cs4)nc3-c3csc(n3)-c3csc(n3)[C@@H]2[C@H]1C. The van der Waals surface area contributed by atoms with Gasteiger partial charge in [-0.2, -0.15) is 0 Å². The van der Waals surface area contributed by atoms with Gasteiger partial charge in [0.05, 0.1) is 41.9 Å². The monoisotopic (exact) mass is 1270 g/mol. The van der Waals surface area contributed by atoms with E-state index in [1.54, 1.807) is 72.0 Å². The van der Waals surface area contributed by atoms with Gasteiger partial charge in [-0.05, 0) is 44.0 Å². The molecule has 0 aliphatic carbocycles. The van der Waals surface area contributed by atoms with Gasteiger partial charge in [-0.1, -0.05) is 67.1 Å². The number of ether oxygens (including phenoxy) is 1. The molecule has 1 fully saturated rings. The van der Waals surface area contributed by atoms with Gasteiger partial charge in [0.15, 0.2) is 5.78 Å². The number of ketones is 1. The van der Waals surface area contributed by atoms with Crippen molar-refractivity contribution < 1.29 is 43.4 Å². The van der Waals surface area contributed by atoms with Crippen LogP contribution in [0.5, 0.6) is 0 Å². The summed E-state index contributed by atoms with van der Waals surface area (Å²) in [6.45, 7) is 7.53. The lowest BCUT2D eigenvalue weighted by atomic mass is 9.90. The molecule has 10 bridgehead atoms. The average Bonchev–Trinajstić information content (AvgIpc) is 3.59. The molecule has 0 spiro atoms. The summed E-state index contributed by atoms with van der Waals surface area (Å²) >= 11 is 7.05. The summed E-state index contributed by atoms with van der Waals surface area (Å²) in [7, 11) is 0. The molecule has 7 aromatic heterocycles. The van der Waals surface area contributed by atoms with E-state index in [-0.39, 0.29) is 58.6 Å². The normalized spacial score (nSPS) is 19.5. The van der Waals surface area contributed by atoms with Crippen LogP contribution in [0, 0.1) is 19.8 Å². The van der Waals surface area contributed by atoms with Crippen LogP contribution in [0.2, 0.25) is 0 Å². The molecular weight excluding hydrogens is 1220 g/mol. The fourth-order valence-corrected chi connectivity index (χ4v) is 15.5. The van der Waals surface area contributed by atoms with E-state index >= 15 is 4.79 Å². The van der Waals surface area contributed by atoms with E-state index < -0.39 is 83.6 Å². The summed E-state index contributed by atoms with van der Waals surface area (Å²) in [5, 5.41) is 31.1. The van der Waals surface area contributed by atoms with E-state index in [1.165, 1.54) is 44.8 Å². The number of Topliss-reactive ketones (excluding diaryl/α,β-unsaturated/α-hetero) is 1. The molecule has 28 heteroatoms. The Morgan fingerprint density at radius 3 is 2.09 bits per heavy atom. The number of benzene rings is 2. The Labute approximate surface area is 515 Å². The summed E-state index contributed by atoms with van der Waals surface area (Å²) in [5.74, 6) is -5.30. The van der Waals surface area contributed by atoms with Gasteiger partial charge in [0.1, 0.15) is 77.0 Å². The van der Waals surface area contributed by atoms with Gasteiger partial charge in [-0.15, -0.1) is 68.0 Å². The second-order valence-corrected chi connectivity index (χ2v) is 26.0. The number of aliphatic hydroxyl groups is 1. The molecular formula is C58H53N13O9S6. The average molecular weight is 1270 g/mol. The Balaban J connectivity index is 1.03. The maximum atomic E-state index is 15.5. The van der Waals surface area contributed by atoms with Crippen LogP contribution < -0.4 is 27.4 Å². The van der Waals surface area contributed by atoms with Crippen molar-refractivity contribution in [2.75, 3.05) is 13.1 Å². The van der Waals surface area contributed by atoms with Crippen LogP contribution in [0.3, 0.4) is 0 Å². The number of hydrogen-bond donors (Lipinski definition) is 6. The Morgan fingerprint density at radius 1 is 0.709 bits per heavy atom. The molecule has 0 unspecified atom stereocenters. The maximum absolute atomic E-state index is 15.5. The predicted octanol–water partition coefficient (Wildman–Crippen LogP) is 8.63. The zero-order valence-corrected chi connectivity index (χ0v) is 51.1. The van der Waals surface area contributed by atoms with Gasteiger partial charge in [0.2, 0.25) is 11.8 Å². The first kappa shape index (κ1) is 59.4. The quantitative estimate of drug-likeness (QED) is 0.0746. The summed E-state index contributed by atoms with van der Waals surface area (Å²) < 4.78 is 5.98. The Morgan fingerprint density at radius 2 is 1.36 bits per heavy atom. The molecule has 6 amide bonds. The van der Waals surface area contributed by atoms with E-state index in [0.29, 0.717) is 65.4 Å². The van der Waals surface area contributed by atoms with E-state index in [1.807, 2.05) is 43.5 Å². The first-order valence-corrected chi connectivity index (χ1v) is 32.1. The molecule has 22 nitrogen and oxygen atoms in total. The van der Waals surface area contributed by atoms with Crippen molar-refractivity contribution in [1.82, 2.24) is 55.7 Å². The molecule has 1 saturated heterocycles. The van der Waals surface area contributed by atoms with Crippen molar-refractivity contribution in [3.05, 3.63) is 153 Å². The molecule has 2 aromatic carbocycles. The van der Waals surface area contributed by atoms with Gasteiger partial charge in [0.25, 0.3) is 17.7 Å². The Bertz CT molecular complexity index is 4060. The number of fused-ring (bicyclic) bond motifs is 16. The van der Waals surface area contributed by atoms with Gasteiger partial charge < -0.3 is 42.2 Å². The van der Waals surface area contributed by atoms with E-state index in [9.17, 15) is 33.9 Å².